The van der Waals surface area contributed by atoms with Crippen LogP contribution in [0.2, 0.25) is 0 Å². The number of aromatic nitrogens is 1. The van der Waals surface area contributed by atoms with Crippen LogP contribution >= 0.6 is 0 Å². The molecule has 0 unspecified atom stereocenters. The fourth-order valence-electron chi connectivity index (χ4n) is 1.55. The Morgan fingerprint density at radius 2 is 2.12 bits per heavy atom. The minimum atomic E-state index is -0.377. The molecule has 0 N–H and O–H groups in total. The van der Waals surface area contributed by atoms with Crippen LogP contribution in [-0.2, 0) is 16.1 Å². The van der Waals surface area contributed by atoms with Crippen LogP contribution in [0.25, 0.3) is 0 Å². The van der Waals surface area contributed by atoms with Gasteiger partial charge in [-0.25, -0.2) is 0 Å². The average Bonchev–Trinajstić information content (AvgIpc) is 2.21. The van der Waals surface area contributed by atoms with Crippen LogP contribution in [-0.4, -0.2) is 17.1 Å². The SMILES string of the molecule is CCOC(=O)Cn1c(C(C)C)cccc1=O. The molecule has 1 aromatic rings. The Bertz CT molecular complexity index is 421. The number of rotatable bonds is 4. The number of carbonyl (C=O) groups is 1. The van der Waals surface area contributed by atoms with E-state index in [2.05, 4.69) is 0 Å². The number of nitrogens with zero attached hydrogens (tertiary/aromatic N) is 1. The van der Waals surface area contributed by atoms with Gasteiger partial charge < -0.3 is 9.30 Å². The van der Waals surface area contributed by atoms with Crippen molar-refractivity contribution in [2.24, 2.45) is 0 Å². The zero-order valence-electron chi connectivity index (χ0n) is 9.90. The number of carbonyl (C=O) groups excluding carboxylic acids is 1. The number of hydrogen-bond acceptors (Lipinski definition) is 3. The van der Waals surface area contributed by atoms with Crippen LogP contribution < -0.4 is 5.56 Å². The number of pyridine rings is 1. The summed E-state index contributed by atoms with van der Waals surface area (Å²) in [5.74, 6) is -0.180. The van der Waals surface area contributed by atoms with Gasteiger partial charge in [0.15, 0.2) is 0 Å². The predicted molar refractivity (Wildman–Crippen MR) is 61.4 cm³/mol. The lowest BCUT2D eigenvalue weighted by Crippen LogP contribution is -2.27. The van der Waals surface area contributed by atoms with E-state index in [9.17, 15) is 9.59 Å². The highest BCUT2D eigenvalue weighted by Gasteiger charge is 2.11. The van der Waals surface area contributed by atoms with Gasteiger partial charge >= 0.3 is 5.97 Å². The molecule has 0 saturated carbocycles. The molecule has 0 aromatic carbocycles. The maximum atomic E-state index is 11.6. The van der Waals surface area contributed by atoms with Crippen molar-refractivity contribution in [3.63, 3.8) is 0 Å². The van der Waals surface area contributed by atoms with Crippen molar-refractivity contribution < 1.29 is 9.53 Å². The molecule has 1 rings (SSSR count). The maximum Gasteiger partial charge on any atom is 0.326 e. The number of hydrogen-bond donors (Lipinski definition) is 0. The van der Waals surface area contributed by atoms with Gasteiger partial charge in [-0.2, -0.15) is 0 Å². The molecule has 0 amide bonds. The molecule has 16 heavy (non-hydrogen) atoms. The smallest absolute Gasteiger partial charge is 0.326 e. The highest BCUT2D eigenvalue weighted by molar-refractivity contribution is 5.69. The standard InChI is InChI=1S/C12H17NO3/c1-4-16-12(15)8-13-10(9(2)3)6-5-7-11(13)14/h5-7,9H,4,8H2,1-3H3. The number of esters is 1. The van der Waals surface area contributed by atoms with Gasteiger partial charge in [-0.1, -0.05) is 19.9 Å². The molecule has 0 spiro atoms. The molecule has 1 aromatic heterocycles. The lowest BCUT2D eigenvalue weighted by Gasteiger charge is -2.14. The first kappa shape index (κ1) is 12.5. The summed E-state index contributed by atoms with van der Waals surface area (Å²) in [5.41, 5.74) is 0.680. The molecule has 0 aliphatic heterocycles. The summed E-state index contributed by atoms with van der Waals surface area (Å²) >= 11 is 0. The summed E-state index contributed by atoms with van der Waals surface area (Å²) in [6, 6.07) is 5.01. The summed E-state index contributed by atoms with van der Waals surface area (Å²) in [4.78, 5) is 23.0. The molecular formula is C12H17NO3. The fourth-order valence-corrected chi connectivity index (χ4v) is 1.55. The van der Waals surface area contributed by atoms with Crippen molar-refractivity contribution in [1.82, 2.24) is 4.57 Å². The minimum absolute atomic E-state index is 0.0129. The van der Waals surface area contributed by atoms with Gasteiger partial charge in [-0.05, 0) is 18.9 Å². The zero-order valence-corrected chi connectivity index (χ0v) is 9.90. The Kier molecular flexibility index (Phi) is 4.28. The lowest BCUT2D eigenvalue weighted by molar-refractivity contribution is -0.143. The first-order valence-electron chi connectivity index (χ1n) is 5.41. The van der Waals surface area contributed by atoms with Gasteiger partial charge in [0.05, 0.1) is 6.61 Å². The molecule has 0 atom stereocenters. The quantitative estimate of drug-likeness (QED) is 0.727. The van der Waals surface area contributed by atoms with E-state index in [0.29, 0.717) is 6.61 Å². The zero-order chi connectivity index (χ0) is 12.1. The summed E-state index contributed by atoms with van der Waals surface area (Å²) in [6.45, 7) is 6.03. The lowest BCUT2D eigenvalue weighted by atomic mass is 10.1. The topological polar surface area (TPSA) is 48.3 Å². The van der Waals surface area contributed by atoms with E-state index in [0.717, 1.165) is 5.69 Å². The van der Waals surface area contributed by atoms with Crippen molar-refractivity contribution >= 4 is 5.97 Å². The third-order valence-electron chi connectivity index (χ3n) is 2.27. The van der Waals surface area contributed by atoms with Crippen molar-refractivity contribution in [1.29, 1.82) is 0 Å². The van der Waals surface area contributed by atoms with Gasteiger partial charge in [-0.3, -0.25) is 9.59 Å². The van der Waals surface area contributed by atoms with Crippen LogP contribution in [0.15, 0.2) is 23.0 Å². The molecular weight excluding hydrogens is 206 g/mol. The van der Waals surface area contributed by atoms with Crippen molar-refractivity contribution in [3.8, 4) is 0 Å². The summed E-state index contributed by atoms with van der Waals surface area (Å²) < 4.78 is 6.30. The molecule has 4 nitrogen and oxygen atoms in total. The first-order valence-corrected chi connectivity index (χ1v) is 5.41. The molecule has 0 radical (unpaired) electrons. The molecule has 0 aliphatic carbocycles. The van der Waals surface area contributed by atoms with Crippen LogP contribution in [0.4, 0.5) is 0 Å². The molecule has 1 heterocycles. The van der Waals surface area contributed by atoms with Gasteiger partial charge in [0.25, 0.3) is 5.56 Å². The Hall–Kier alpha value is -1.58. The predicted octanol–water partition coefficient (Wildman–Crippen LogP) is 1.53. The summed E-state index contributed by atoms with van der Waals surface area (Å²) in [5, 5.41) is 0. The van der Waals surface area contributed by atoms with Crippen molar-refractivity contribution in [2.75, 3.05) is 6.61 Å². The van der Waals surface area contributed by atoms with E-state index < -0.39 is 0 Å². The maximum absolute atomic E-state index is 11.6. The normalized spacial score (nSPS) is 10.5. The molecule has 88 valence electrons. The van der Waals surface area contributed by atoms with Gasteiger partial charge in [0, 0.05) is 11.8 Å². The van der Waals surface area contributed by atoms with Gasteiger partial charge in [0.1, 0.15) is 6.54 Å². The van der Waals surface area contributed by atoms with Crippen molar-refractivity contribution in [3.05, 3.63) is 34.2 Å². The largest absolute Gasteiger partial charge is 0.465 e. The van der Waals surface area contributed by atoms with Gasteiger partial charge in [0.2, 0.25) is 0 Å². The van der Waals surface area contributed by atoms with Crippen LogP contribution in [0, 0.1) is 0 Å². The number of ether oxygens (including phenoxy) is 1. The first-order chi connectivity index (χ1) is 7.56. The third kappa shape index (κ3) is 2.95. The molecule has 0 bridgehead atoms. The highest BCUT2D eigenvalue weighted by atomic mass is 16.5. The Morgan fingerprint density at radius 3 is 2.69 bits per heavy atom. The third-order valence-corrected chi connectivity index (χ3v) is 2.27. The Morgan fingerprint density at radius 1 is 1.44 bits per heavy atom. The Labute approximate surface area is 94.9 Å². The highest BCUT2D eigenvalue weighted by Crippen LogP contribution is 2.11. The van der Waals surface area contributed by atoms with E-state index in [-0.39, 0.29) is 24.0 Å². The van der Waals surface area contributed by atoms with E-state index in [1.54, 1.807) is 13.0 Å². The van der Waals surface area contributed by atoms with Crippen molar-refractivity contribution in [2.45, 2.75) is 33.2 Å². The van der Waals surface area contributed by atoms with E-state index in [1.165, 1.54) is 10.6 Å². The molecule has 0 saturated heterocycles. The summed E-state index contributed by atoms with van der Waals surface area (Å²) in [7, 11) is 0. The second kappa shape index (κ2) is 5.49. The fraction of sp³-hybridized carbons (Fsp3) is 0.500. The molecule has 4 heteroatoms. The minimum Gasteiger partial charge on any atom is -0.465 e. The molecule has 0 fully saturated rings. The monoisotopic (exact) mass is 223 g/mol. The Balaban J connectivity index is 3.02. The second-order valence-corrected chi connectivity index (χ2v) is 3.83. The van der Waals surface area contributed by atoms with Crippen LogP contribution in [0.1, 0.15) is 32.4 Å². The van der Waals surface area contributed by atoms with Gasteiger partial charge in [-0.15, -0.1) is 0 Å². The van der Waals surface area contributed by atoms with Crippen LogP contribution in [0.5, 0.6) is 0 Å². The van der Waals surface area contributed by atoms with E-state index in [1.807, 2.05) is 19.9 Å². The average molecular weight is 223 g/mol. The second-order valence-electron chi connectivity index (χ2n) is 3.83. The molecule has 0 aliphatic rings. The van der Waals surface area contributed by atoms with E-state index >= 15 is 0 Å². The summed E-state index contributed by atoms with van der Waals surface area (Å²) in [6.07, 6.45) is 0. The van der Waals surface area contributed by atoms with Crippen LogP contribution in [0.3, 0.4) is 0 Å². The van der Waals surface area contributed by atoms with E-state index in [4.69, 9.17) is 4.74 Å².